The van der Waals surface area contributed by atoms with Crippen LogP contribution in [0, 0.1) is 6.92 Å². The lowest BCUT2D eigenvalue weighted by atomic mass is 9.85. The fraction of sp³-hybridized carbons (Fsp3) is 0.421. The fourth-order valence-corrected chi connectivity index (χ4v) is 2.89. The molecule has 0 atom stereocenters. The lowest BCUT2D eigenvalue weighted by molar-refractivity contribution is 0.590. The van der Waals surface area contributed by atoms with Crippen molar-refractivity contribution in [3.8, 4) is 11.1 Å². The topological polar surface area (TPSA) is 12.9 Å². The zero-order valence-corrected chi connectivity index (χ0v) is 14.0. The maximum absolute atomic E-state index is 6.44. The first-order valence-corrected chi connectivity index (χ1v) is 8.02. The van der Waals surface area contributed by atoms with Crippen LogP contribution in [0.5, 0.6) is 0 Å². The highest BCUT2D eigenvalue weighted by Crippen LogP contribution is 2.40. The van der Waals surface area contributed by atoms with Gasteiger partial charge in [0.1, 0.15) is 0 Å². The van der Waals surface area contributed by atoms with E-state index in [1.807, 2.05) is 6.07 Å². The van der Waals surface area contributed by atoms with E-state index in [2.05, 4.69) is 52.0 Å². The van der Waals surface area contributed by atoms with Gasteiger partial charge in [0.15, 0.2) is 0 Å². The van der Waals surface area contributed by atoms with Gasteiger partial charge in [-0.25, -0.2) is 0 Å². The van der Waals surface area contributed by atoms with E-state index in [1.54, 1.807) is 0 Å². The van der Waals surface area contributed by atoms with Crippen LogP contribution in [-0.4, -0.2) is 4.98 Å². The van der Waals surface area contributed by atoms with Crippen LogP contribution < -0.4 is 0 Å². The summed E-state index contributed by atoms with van der Waals surface area (Å²) in [5, 5.41) is 0.798. The Morgan fingerprint density at radius 3 is 2.33 bits per heavy atom. The molecule has 0 bridgehead atoms. The normalized spacial score (nSPS) is 15.3. The van der Waals surface area contributed by atoms with Gasteiger partial charge in [-0.15, -0.1) is 0 Å². The van der Waals surface area contributed by atoms with Crippen molar-refractivity contribution in [1.82, 2.24) is 4.98 Å². The summed E-state index contributed by atoms with van der Waals surface area (Å²) >= 11 is 6.44. The van der Waals surface area contributed by atoms with Crippen LogP contribution in [0.3, 0.4) is 0 Å². The Bertz CT molecular complexity index is 678. The molecule has 0 N–H and O–H groups in total. The molecule has 1 aromatic carbocycles. The molecule has 1 heterocycles. The van der Waals surface area contributed by atoms with Crippen molar-refractivity contribution >= 4 is 11.6 Å². The largest absolute Gasteiger partial charge is 0.257 e. The Labute approximate surface area is 132 Å². The quantitative estimate of drug-likeness (QED) is 0.674. The highest BCUT2D eigenvalue weighted by molar-refractivity contribution is 6.33. The lowest BCUT2D eigenvalue weighted by Gasteiger charge is -2.21. The molecule has 2 heteroatoms. The van der Waals surface area contributed by atoms with E-state index in [4.69, 9.17) is 16.6 Å². The van der Waals surface area contributed by atoms with E-state index in [9.17, 15) is 0 Å². The molecule has 0 radical (unpaired) electrons. The second-order valence-corrected chi connectivity index (χ2v) is 7.50. The monoisotopic (exact) mass is 299 g/mol. The highest BCUT2D eigenvalue weighted by atomic mass is 35.5. The third-order valence-electron chi connectivity index (χ3n) is 4.23. The molecule has 0 unspecified atom stereocenters. The summed E-state index contributed by atoms with van der Waals surface area (Å²) < 4.78 is 0. The number of rotatable bonds is 2. The van der Waals surface area contributed by atoms with Crippen LogP contribution in [0.1, 0.15) is 56.5 Å². The van der Waals surface area contributed by atoms with Crippen molar-refractivity contribution < 1.29 is 0 Å². The van der Waals surface area contributed by atoms with Gasteiger partial charge >= 0.3 is 0 Å². The first-order valence-electron chi connectivity index (χ1n) is 7.64. The average Bonchev–Trinajstić information content (AvgIpc) is 3.22. The molecule has 0 aliphatic heterocycles. The minimum absolute atomic E-state index is 0.120. The number of aromatic nitrogens is 1. The second kappa shape index (κ2) is 5.14. The molecule has 1 nitrogen and oxygen atoms in total. The highest BCUT2D eigenvalue weighted by Gasteiger charge is 2.25. The maximum Gasteiger partial charge on any atom is 0.0485 e. The van der Waals surface area contributed by atoms with E-state index in [1.165, 1.54) is 24.1 Å². The predicted molar refractivity (Wildman–Crippen MR) is 90.1 cm³/mol. The van der Waals surface area contributed by atoms with Gasteiger partial charge < -0.3 is 0 Å². The molecule has 1 fully saturated rings. The van der Waals surface area contributed by atoms with Crippen LogP contribution >= 0.6 is 11.6 Å². The number of nitrogens with zero attached hydrogens (tertiary/aromatic N) is 1. The van der Waals surface area contributed by atoms with Crippen molar-refractivity contribution in [2.24, 2.45) is 0 Å². The Balaban J connectivity index is 2.07. The first kappa shape index (κ1) is 14.6. The van der Waals surface area contributed by atoms with Gasteiger partial charge in [-0.2, -0.15) is 0 Å². The number of pyridine rings is 1. The minimum Gasteiger partial charge on any atom is -0.257 e. The molecule has 0 amide bonds. The van der Waals surface area contributed by atoms with Gasteiger partial charge in [-0.05, 0) is 48.9 Å². The van der Waals surface area contributed by atoms with Crippen LogP contribution in [0.2, 0.25) is 5.02 Å². The lowest BCUT2D eigenvalue weighted by Crippen LogP contribution is -2.11. The van der Waals surface area contributed by atoms with Crippen molar-refractivity contribution in [2.75, 3.05) is 0 Å². The van der Waals surface area contributed by atoms with Crippen LogP contribution in [-0.2, 0) is 5.41 Å². The van der Waals surface area contributed by atoms with E-state index in [-0.39, 0.29) is 5.41 Å². The number of hydrogen-bond acceptors (Lipinski definition) is 1. The van der Waals surface area contributed by atoms with Gasteiger partial charge in [0.25, 0.3) is 0 Å². The summed E-state index contributed by atoms with van der Waals surface area (Å²) in [6, 6.07) is 10.7. The number of halogens is 1. The van der Waals surface area contributed by atoms with E-state index in [0.29, 0.717) is 5.92 Å². The molecule has 3 rings (SSSR count). The molecule has 110 valence electrons. The summed E-state index contributed by atoms with van der Waals surface area (Å²) in [6.45, 7) is 8.76. The minimum atomic E-state index is 0.120. The van der Waals surface area contributed by atoms with Crippen molar-refractivity contribution in [1.29, 1.82) is 0 Å². The van der Waals surface area contributed by atoms with Crippen molar-refractivity contribution in [3.05, 3.63) is 52.3 Å². The molecule has 0 saturated heterocycles. The first-order chi connectivity index (χ1) is 9.86. The molecule has 2 aromatic rings. The Kier molecular flexibility index (Phi) is 3.57. The molecule has 0 spiro atoms. The van der Waals surface area contributed by atoms with Gasteiger partial charge in [-0.3, -0.25) is 4.98 Å². The summed E-state index contributed by atoms with van der Waals surface area (Å²) in [4.78, 5) is 4.79. The third-order valence-corrected chi connectivity index (χ3v) is 4.56. The molecule has 1 aliphatic carbocycles. The summed E-state index contributed by atoms with van der Waals surface area (Å²) in [6.07, 6.45) is 2.57. The molecule has 1 saturated carbocycles. The molecule has 21 heavy (non-hydrogen) atoms. The molecule has 1 aliphatic rings. The van der Waals surface area contributed by atoms with Crippen LogP contribution in [0.25, 0.3) is 11.1 Å². The second-order valence-electron chi connectivity index (χ2n) is 7.09. The SMILES string of the molecule is Cc1nc(C2CC2)ccc1-c1cc(C(C)(C)C)ccc1Cl. The smallest absolute Gasteiger partial charge is 0.0485 e. The number of benzene rings is 1. The average molecular weight is 300 g/mol. The molecule has 1 aromatic heterocycles. The van der Waals surface area contributed by atoms with Gasteiger partial charge in [0, 0.05) is 33.5 Å². The standard InChI is InChI=1S/C19H22ClN/c1-12-15(8-10-18(21-12)13-5-6-13)16-11-14(19(2,3)4)7-9-17(16)20/h7-11,13H,5-6H2,1-4H3. The van der Waals surface area contributed by atoms with Crippen LogP contribution in [0.15, 0.2) is 30.3 Å². The summed E-state index contributed by atoms with van der Waals surface area (Å²) in [5.74, 6) is 0.689. The maximum atomic E-state index is 6.44. The van der Waals surface area contributed by atoms with Gasteiger partial charge in [0.05, 0.1) is 0 Å². The zero-order valence-electron chi connectivity index (χ0n) is 13.2. The Morgan fingerprint density at radius 1 is 1.05 bits per heavy atom. The van der Waals surface area contributed by atoms with Crippen molar-refractivity contribution in [3.63, 3.8) is 0 Å². The predicted octanol–water partition coefficient (Wildman–Crippen LogP) is 5.89. The van der Waals surface area contributed by atoms with E-state index >= 15 is 0 Å². The van der Waals surface area contributed by atoms with Crippen LogP contribution in [0.4, 0.5) is 0 Å². The van der Waals surface area contributed by atoms with E-state index in [0.717, 1.165) is 21.8 Å². The molecular formula is C19H22ClN. The number of hydrogen-bond donors (Lipinski definition) is 0. The van der Waals surface area contributed by atoms with Crippen molar-refractivity contribution in [2.45, 2.75) is 51.9 Å². The van der Waals surface area contributed by atoms with Gasteiger partial charge in [-0.1, -0.05) is 44.5 Å². The Morgan fingerprint density at radius 2 is 1.76 bits per heavy atom. The van der Waals surface area contributed by atoms with E-state index < -0.39 is 0 Å². The fourth-order valence-electron chi connectivity index (χ4n) is 2.67. The molecular weight excluding hydrogens is 278 g/mol. The summed E-state index contributed by atoms with van der Waals surface area (Å²) in [5.41, 5.74) is 5.97. The number of aryl methyl sites for hydroxylation is 1. The zero-order chi connectivity index (χ0) is 15.2. The summed E-state index contributed by atoms with van der Waals surface area (Å²) in [7, 11) is 0. The Hall–Kier alpha value is -1.34. The third kappa shape index (κ3) is 2.98. The van der Waals surface area contributed by atoms with Gasteiger partial charge in [0.2, 0.25) is 0 Å².